The number of carboxylic acids is 1. The minimum Gasteiger partial charge on any atom is -0.478 e. The fourth-order valence-corrected chi connectivity index (χ4v) is 3.27. The van der Waals surface area contributed by atoms with Crippen molar-refractivity contribution in [1.29, 1.82) is 0 Å². The van der Waals surface area contributed by atoms with E-state index in [4.69, 9.17) is 5.11 Å². The smallest absolute Gasteiger partial charge is 0.329 e. The molecule has 1 unspecified atom stereocenters. The average molecular weight is 333 g/mol. The molecule has 0 bridgehead atoms. The lowest BCUT2D eigenvalue weighted by Gasteiger charge is -2.37. The number of nitrogens with one attached hydrogen (secondary N) is 1. The largest absolute Gasteiger partial charge is 0.478 e. The van der Waals surface area contributed by atoms with Crippen molar-refractivity contribution in [2.24, 2.45) is 0 Å². The van der Waals surface area contributed by atoms with Crippen LogP contribution in [0.5, 0.6) is 0 Å². The third kappa shape index (κ3) is 3.53. The van der Waals surface area contributed by atoms with E-state index in [1.807, 2.05) is 42.5 Å². The number of hydrogen-bond donors (Lipinski definition) is 2. The Kier molecular flexibility index (Phi) is 4.80. The van der Waals surface area contributed by atoms with Crippen LogP contribution in [0.3, 0.4) is 0 Å². The van der Waals surface area contributed by atoms with E-state index in [0.717, 1.165) is 17.2 Å². The maximum Gasteiger partial charge on any atom is 0.329 e. The van der Waals surface area contributed by atoms with Crippen LogP contribution in [0.25, 0.3) is 0 Å². The quantitative estimate of drug-likeness (QED) is 0.825. The van der Waals surface area contributed by atoms with Gasteiger partial charge in [-0.25, -0.2) is 4.79 Å². The molecule has 126 valence electrons. The number of benzene rings is 2. The first-order valence-corrected chi connectivity index (χ1v) is 8.11. The SMILES string of the molecule is O=C(O)C=CNC1CC(c2ccccc2)(c2ccccc2)C=CC1=O. The zero-order chi connectivity index (χ0) is 17.7. The molecule has 2 N–H and O–H groups in total. The molecule has 1 aliphatic carbocycles. The summed E-state index contributed by atoms with van der Waals surface area (Å²) in [5.74, 6) is -1.11. The van der Waals surface area contributed by atoms with Gasteiger partial charge >= 0.3 is 5.97 Å². The Morgan fingerprint density at radius 3 is 2.12 bits per heavy atom. The summed E-state index contributed by atoms with van der Waals surface area (Å²) in [5, 5.41) is 11.7. The maximum absolute atomic E-state index is 12.3. The van der Waals surface area contributed by atoms with Gasteiger partial charge in [0.15, 0.2) is 5.78 Å². The van der Waals surface area contributed by atoms with Gasteiger partial charge in [0.25, 0.3) is 0 Å². The van der Waals surface area contributed by atoms with Crippen LogP contribution in [0.15, 0.2) is 85.1 Å². The molecule has 1 atom stereocenters. The van der Waals surface area contributed by atoms with Crippen molar-refractivity contribution in [3.05, 3.63) is 96.2 Å². The van der Waals surface area contributed by atoms with Crippen LogP contribution in [0.4, 0.5) is 0 Å². The minimum atomic E-state index is -1.05. The van der Waals surface area contributed by atoms with Crippen molar-refractivity contribution in [3.8, 4) is 0 Å². The lowest BCUT2D eigenvalue weighted by Crippen LogP contribution is -2.43. The van der Waals surface area contributed by atoms with Gasteiger partial charge in [-0.05, 0) is 23.6 Å². The van der Waals surface area contributed by atoms with Crippen LogP contribution in [0.2, 0.25) is 0 Å². The van der Waals surface area contributed by atoms with Crippen molar-refractivity contribution >= 4 is 11.8 Å². The highest BCUT2D eigenvalue weighted by molar-refractivity contribution is 5.96. The second-order valence-electron chi connectivity index (χ2n) is 6.03. The summed E-state index contributed by atoms with van der Waals surface area (Å²) in [6, 6.07) is 19.6. The Labute approximate surface area is 146 Å². The molecule has 0 spiro atoms. The number of aliphatic carboxylic acids is 1. The Morgan fingerprint density at radius 1 is 1.04 bits per heavy atom. The highest BCUT2D eigenvalue weighted by atomic mass is 16.4. The molecule has 0 amide bonds. The lowest BCUT2D eigenvalue weighted by molar-refractivity contribution is -0.131. The number of carbonyl (C=O) groups excluding carboxylic acids is 1. The first-order valence-electron chi connectivity index (χ1n) is 8.11. The van der Waals surface area contributed by atoms with E-state index >= 15 is 0 Å². The fraction of sp³-hybridized carbons (Fsp3) is 0.143. The van der Waals surface area contributed by atoms with Gasteiger partial charge < -0.3 is 10.4 Å². The standard InChI is InChI=1S/C21H19NO3/c23-19-11-13-21(16-7-3-1-4-8-16,17-9-5-2-6-10-17)15-18(19)22-14-12-20(24)25/h1-14,18,22H,15H2,(H,24,25). The normalized spacial score (nSPS) is 19.0. The van der Waals surface area contributed by atoms with Gasteiger partial charge in [-0.1, -0.05) is 66.7 Å². The summed E-state index contributed by atoms with van der Waals surface area (Å²) in [7, 11) is 0. The molecule has 0 heterocycles. The molecule has 0 aliphatic heterocycles. The molecule has 4 nitrogen and oxygen atoms in total. The monoisotopic (exact) mass is 333 g/mol. The number of hydrogen-bond acceptors (Lipinski definition) is 3. The molecule has 2 aromatic rings. The number of carboxylic acid groups (broad SMARTS) is 1. The van der Waals surface area contributed by atoms with Crippen molar-refractivity contribution in [2.75, 3.05) is 0 Å². The van der Waals surface area contributed by atoms with Crippen molar-refractivity contribution in [1.82, 2.24) is 5.32 Å². The van der Waals surface area contributed by atoms with Gasteiger partial charge in [0.2, 0.25) is 0 Å². The third-order valence-corrected chi connectivity index (χ3v) is 4.50. The molecule has 25 heavy (non-hydrogen) atoms. The molecule has 0 radical (unpaired) electrons. The lowest BCUT2D eigenvalue weighted by atomic mass is 9.67. The molecule has 0 aromatic heterocycles. The predicted molar refractivity (Wildman–Crippen MR) is 96.1 cm³/mol. The summed E-state index contributed by atoms with van der Waals surface area (Å²) in [6.45, 7) is 0. The van der Waals surface area contributed by atoms with Crippen LogP contribution in [0.1, 0.15) is 17.5 Å². The predicted octanol–water partition coefficient (Wildman–Crippen LogP) is 3.06. The van der Waals surface area contributed by atoms with E-state index in [1.54, 1.807) is 6.08 Å². The molecular weight excluding hydrogens is 314 g/mol. The minimum absolute atomic E-state index is 0.0578. The van der Waals surface area contributed by atoms with Crippen molar-refractivity contribution < 1.29 is 14.7 Å². The van der Waals surface area contributed by atoms with Gasteiger partial charge in [-0.15, -0.1) is 0 Å². The topological polar surface area (TPSA) is 66.4 Å². The highest BCUT2D eigenvalue weighted by Crippen LogP contribution is 2.40. The maximum atomic E-state index is 12.3. The molecule has 4 heteroatoms. The first-order chi connectivity index (χ1) is 12.1. The summed E-state index contributed by atoms with van der Waals surface area (Å²) in [5.41, 5.74) is 1.75. The van der Waals surface area contributed by atoms with E-state index in [1.165, 1.54) is 6.20 Å². The summed E-state index contributed by atoms with van der Waals surface area (Å²) < 4.78 is 0. The van der Waals surface area contributed by atoms with E-state index in [-0.39, 0.29) is 5.78 Å². The third-order valence-electron chi connectivity index (χ3n) is 4.50. The van der Waals surface area contributed by atoms with Crippen LogP contribution in [0, 0.1) is 0 Å². The summed E-state index contributed by atoms with van der Waals surface area (Å²) in [6.07, 6.45) is 6.39. The van der Waals surface area contributed by atoms with E-state index in [9.17, 15) is 9.59 Å². The first kappa shape index (κ1) is 16.7. The van der Waals surface area contributed by atoms with Gasteiger partial charge in [-0.3, -0.25) is 4.79 Å². The molecule has 2 aromatic carbocycles. The number of rotatable bonds is 5. The Balaban J connectivity index is 2.02. The average Bonchev–Trinajstić information content (AvgIpc) is 2.65. The zero-order valence-corrected chi connectivity index (χ0v) is 13.6. The van der Waals surface area contributed by atoms with Crippen LogP contribution >= 0.6 is 0 Å². The van der Waals surface area contributed by atoms with Crippen molar-refractivity contribution in [3.63, 3.8) is 0 Å². The second kappa shape index (κ2) is 7.18. The van der Waals surface area contributed by atoms with Gasteiger partial charge in [0.05, 0.1) is 6.04 Å². The fourth-order valence-electron chi connectivity index (χ4n) is 3.27. The molecule has 1 aliphatic rings. The van der Waals surface area contributed by atoms with Gasteiger partial charge in [0, 0.05) is 17.7 Å². The number of carbonyl (C=O) groups is 2. The summed E-state index contributed by atoms with van der Waals surface area (Å²) in [4.78, 5) is 23.0. The van der Waals surface area contributed by atoms with Crippen molar-refractivity contribution in [2.45, 2.75) is 17.9 Å². The molecular formula is C21H19NO3. The Morgan fingerprint density at radius 2 is 1.60 bits per heavy atom. The summed E-state index contributed by atoms with van der Waals surface area (Å²) >= 11 is 0. The molecule has 0 saturated carbocycles. The van der Waals surface area contributed by atoms with Crippen LogP contribution in [-0.4, -0.2) is 22.9 Å². The van der Waals surface area contributed by atoms with E-state index in [2.05, 4.69) is 29.6 Å². The Hall–Kier alpha value is -3.14. The number of allylic oxidation sites excluding steroid dienone is 1. The second-order valence-corrected chi connectivity index (χ2v) is 6.03. The Bertz CT molecular complexity index is 770. The van der Waals surface area contributed by atoms with Gasteiger partial charge in [0.1, 0.15) is 0 Å². The van der Waals surface area contributed by atoms with Crippen LogP contribution in [-0.2, 0) is 15.0 Å². The van der Waals surface area contributed by atoms with Crippen LogP contribution < -0.4 is 5.32 Å². The van der Waals surface area contributed by atoms with E-state index < -0.39 is 17.4 Å². The highest BCUT2D eigenvalue weighted by Gasteiger charge is 2.39. The molecule has 0 fully saturated rings. The molecule has 3 rings (SSSR count). The zero-order valence-electron chi connectivity index (χ0n) is 13.6. The number of ketones is 1. The van der Waals surface area contributed by atoms with E-state index in [0.29, 0.717) is 6.42 Å². The van der Waals surface area contributed by atoms with Gasteiger partial charge in [-0.2, -0.15) is 0 Å². The molecule has 0 saturated heterocycles.